The molecule has 0 spiro atoms. The molecule has 3 heteroatoms. The van der Waals surface area contributed by atoms with Crippen LogP contribution >= 0.6 is 15.9 Å². The summed E-state index contributed by atoms with van der Waals surface area (Å²) >= 11 is 3.55. The van der Waals surface area contributed by atoms with Gasteiger partial charge in [0, 0.05) is 35.9 Å². The van der Waals surface area contributed by atoms with E-state index in [0.29, 0.717) is 6.54 Å². The molecule has 0 aliphatic carbocycles. The lowest BCUT2D eigenvalue weighted by Crippen LogP contribution is -2.30. The van der Waals surface area contributed by atoms with Gasteiger partial charge in [-0.2, -0.15) is 0 Å². The average molecular weight is 285 g/mol. The molecule has 2 nitrogen and oxygen atoms in total. The number of nitrogens with zero attached hydrogens (tertiary/aromatic N) is 1. The molecule has 1 rings (SSSR count). The number of hydrogen-bond donors (Lipinski definition) is 1. The lowest BCUT2D eigenvalue weighted by molar-refractivity contribution is 0.418. The Hall–Kier alpha value is -0.540. The molecule has 0 atom stereocenters. The minimum Gasteiger partial charge on any atom is -0.374 e. The number of rotatable bonds is 3. The van der Waals surface area contributed by atoms with Crippen molar-refractivity contribution >= 4 is 21.6 Å². The lowest BCUT2D eigenvalue weighted by Gasteiger charge is -2.30. The van der Waals surface area contributed by atoms with Gasteiger partial charge in [0.1, 0.15) is 0 Å². The fourth-order valence-electron chi connectivity index (χ4n) is 1.90. The van der Waals surface area contributed by atoms with Crippen molar-refractivity contribution in [2.45, 2.75) is 27.3 Å². The van der Waals surface area contributed by atoms with Crippen LogP contribution in [0.25, 0.3) is 0 Å². The summed E-state index contributed by atoms with van der Waals surface area (Å²) in [6, 6.07) is 6.22. The maximum Gasteiger partial charge on any atom is 0.0420 e. The highest BCUT2D eigenvalue weighted by atomic mass is 79.9. The van der Waals surface area contributed by atoms with E-state index < -0.39 is 0 Å². The summed E-state index contributed by atoms with van der Waals surface area (Å²) in [5.74, 6) is 0. The second-order valence-corrected chi connectivity index (χ2v) is 6.21. The summed E-state index contributed by atoms with van der Waals surface area (Å²) in [6.07, 6.45) is 0. The Morgan fingerprint density at radius 2 is 1.94 bits per heavy atom. The maximum atomic E-state index is 5.80. The standard InChI is InChI=1S/C13H21BrN2/c1-13(2,3)9-16(4)12-7-5-6-11(14)10(12)8-15/h5-7H,8-9,15H2,1-4H3. The van der Waals surface area contributed by atoms with Crippen molar-refractivity contribution in [1.82, 2.24) is 0 Å². The lowest BCUT2D eigenvalue weighted by atomic mass is 9.95. The zero-order chi connectivity index (χ0) is 12.3. The van der Waals surface area contributed by atoms with Crippen LogP contribution in [0.2, 0.25) is 0 Å². The highest BCUT2D eigenvalue weighted by Crippen LogP contribution is 2.28. The number of anilines is 1. The first-order chi connectivity index (χ1) is 7.35. The summed E-state index contributed by atoms with van der Waals surface area (Å²) in [4.78, 5) is 2.27. The van der Waals surface area contributed by atoms with E-state index in [1.54, 1.807) is 0 Å². The molecule has 1 aromatic carbocycles. The van der Waals surface area contributed by atoms with Crippen molar-refractivity contribution in [3.8, 4) is 0 Å². The maximum absolute atomic E-state index is 5.80. The summed E-state index contributed by atoms with van der Waals surface area (Å²) < 4.78 is 1.09. The molecule has 0 aliphatic rings. The van der Waals surface area contributed by atoms with Crippen molar-refractivity contribution < 1.29 is 0 Å². The molecule has 0 aliphatic heterocycles. The normalized spacial score (nSPS) is 11.6. The van der Waals surface area contributed by atoms with Crippen molar-refractivity contribution in [2.75, 3.05) is 18.5 Å². The minimum atomic E-state index is 0.281. The van der Waals surface area contributed by atoms with Gasteiger partial charge in [0.05, 0.1) is 0 Å². The first kappa shape index (κ1) is 13.5. The van der Waals surface area contributed by atoms with Gasteiger partial charge in [-0.3, -0.25) is 0 Å². The van der Waals surface area contributed by atoms with Crippen molar-refractivity contribution in [3.63, 3.8) is 0 Å². The second-order valence-electron chi connectivity index (χ2n) is 5.36. The van der Waals surface area contributed by atoms with Crippen LogP contribution in [0.3, 0.4) is 0 Å². The molecule has 0 unspecified atom stereocenters. The summed E-state index contributed by atoms with van der Waals surface area (Å²) in [6.45, 7) is 8.29. The molecule has 0 fully saturated rings. The summed E-state index contributed by atoms with van der Waals surface area (Å²) in [7, 11) is 2.12. The van der Waals surface area contributed by atoms with E-state index >= 15 is 0 Å². The van der Waals surface area contributed by atoms with Crippen LogP contribution in [0, 0.1) is 5.41 Å². The van der Waals surface area contributed by atoms with Crippen molar-refractivity contribution in [3.05, 3.63) is 28.2 Å². The first-order valence-corrected chi connectivity index (χ1v) is 6.33. The first-order valence-electron chi connectivity index (χ1n) is 5.54. The van der Waals surface area contributed by atoms with Gasteiger partial charge in [0.2, 0.25) is 0 Å². The number of halogens is 1. The van der Waals surface area contributed by atoms with Crippen LogP contribution in [-0.4, -0.2) is 13.6 Å². The molecule has 2 N–H and O–H groups in total. The molecule has 0 heterocycles. The van der Waals surface area contributed by atoms with E-state index in [2.05, 4.69) is 60.8 Å². The van der Waals surface area contributed by atoms with Crippen LogP contribution in [0.15, 0.2) is 22.7 Å². The predicted molar refractivity (Wildman–Crippen MR) is 74.8 cm³/mol. The number of hydrogen-bond acceptors (Lipinski definition) is 2. The largest absolute Gasteiger partial charge is 0.374 e. The molecule has 0 amide bonds. The van der Waals surface area contributed by atoms with E-state index in [1.165, 1.54) is 11.3 Å². The van der Waals surface area contributed by atoms with E-state index in [0.717, 1.165) is 11.0 Å². The monoisotopic (exact) mass is 284 g/mol. The molecular formula is C13H21BrN2. The van der Waals surface area contributed by atoms with Gasteiger partial charge in [-0.15, -0.1) is 0 Å². The molecule has 90 valence electrons. The fourth-order valence-corrected chi connectivity index (χ4v) is 2.42. The summed E-state index contributed by atoms with van der Waals surface area (Å²) in [5, 5.41) is 0. The van der Waals surface area contributed by atoms with Gasteiger partial charge in [-0.1, -0.05) is 42.8 Å². The molecule has 0 aromatic heterocycles. The third-order valence-electron chi connectivity index (χ3n) is 2.42. The molecule has 0 bridgehead atoms. The van der Waals surface area contributed by atoms with E-state index in [-0.39, 0.29) is 5.41 Å². The van der Waals surface area contributed by atoms with Crippen LogP contribution in [0.1, 0.15) is 26.3 Å². The SMILES string of the molecule is CN(CC(C)(C)C)c1cccc(Br)c1CN. The number of benzene rings is 1. The van der Waals surface area contributed by atoms with Crippen LogP contribution in [0.4, 0.5) is 5.69 Å². The fraction of sp³-hybridized carbons (Fsp3) is 0.538. The molecule has 1 aromatic rings. The topological polar surface area (TPSA) is 29.3 Å². The molecule has 0 saturated heterocycles. The Balaban J connectivity index is 2.99. The molecule has 16 heavy (non-hydrogen) atoms. The second kappa shape index (κ2) is 5.19. The Bertz CT molecular complexity index is 355. The zero-order valence-electron chi connectivity index (χ0n) is 10.5. The third kappa shape index (κ3) is 3.49. The summed E-state index contributed by atoms with van der Waals surface area (Å²) in [5.41, 5.74) is 8.47. The smallest absolute Gasteiger partial charge is 0.0420 e. The Morgan fingerprint density at radius 1 is 1.31 bits per heavy atom. The molecular weight excluding hydrogens is 264 g/mol. The number of nitrogens with two attached hydrogens (primary N) is 1. The Kier molecular flexibility index (Phi) is 4.39. The van der Waals surface area contributed by atoms with Gasteiger partial charge in [-0.25, -0.2) is 0 Å². The Labute approximate surface area is 107 Å². The predicted octanol–water partition coefficient (Wildman–Crippen LogP) is 3.39. The third-order valence-corrected chi connectivity index (χ3v) is 3.16. The molecule has 0 radical (unpaired) electrons. The Morgan fingerprint density at radius 3 is 2.44 bits per heavy atom. The van der Waals surface area contributed by atoms with Gasteiger partial charge < -0.3 is 10.6 Å². The van der Waals surface area contributed by atoms with Gasteiger partial charge in [-0.05, 0) is 17.5 Å². The van der Waals surface area contributed by atoms with Gasteiger partial charge in [0.25, 0.3) is 0 Å². The van der Waals surface area contributed by atoms with Gasteiger partial charge >= 0.3 is 0 Å². The highest BCUT2D eigenvalue weighted by Gasteiger charge is 2.16. The van der Waals surface area contributed by atoms with Crippen molar-refractivity contribution in [1.29, 1.82) is 0 Å². The van der Waals surface area contributed by atoms with Gasteiger partial charge in [0.15, 0.2) is 0 Å². The van der Waals surface area contributed by atoms with Crippen LogP contribution in [-0.2, 0) is 6.54 Å². The van der Waals surface area contributed by atoms with Crippen molar-refractivity contribution in [2.24, 2.45) is 11.1 Å². The highest BCUT2D eigenvalue weighted by molar-refractivity contribution is 9.10. The van der Waals surface area contributed by atoms with E-state index in [9.17, 15) is 0 Å². The zero-order valence-corrected chi connectivity index (χ0v) is 12.1. The quantitative estimate of drug-likeness (QED) is 0.922. The van der Waals surface area contributed by atoms with Crippen LogP contribution < -0.4 is 10.6 Å². The average Bonchev–Trinajstić information content (AvgIpc) is 2.14. The minimum absolute atomic E-state index is 0.281. The van der Waals surface area contributed by atoms with E-state index in [1.807, 2.05) is 6.07 Å². The van der Waals surface area contributed by atoms with Crippen LogP contribution in [0.5, 0.6) is 0 Å². The van der Waals surface area contributed by atoms with E-state index in [4.69, 9.17) is 5.73 Å². The molecule has 0 saturated carbocycles.